The van der Waals surface area contributed by atoms with Gasteiger partial charge in [0, 0.05) is 31.9 Å². The third kappa shape index (κ3) is 6.79. The lowest BCUT2D eigenvalue weighted by atomic mass is 9.98. The van der Waals surface area contributed by atoms with Gasteiger partial charge < -0.3 is 10.1 Å². The molecule has 0 bridgehead atoms. The van der Waals surface area contributed by atoms with Crippen LogP contribution in [0.5, 0.6) is 0 Å². The molecule has 1 N–H and O–H groups in total. The molecule has 1 amide bonds. The number of hydrogen-bond acceptors (Lipinski definition) is 3. The van der Waals surface area contributed by atoms with E-state index in [0.29, 0.717) is 12.3 Å². The number of thioether (sulfide) groups is 1. The smallest absolute Gasteiger partial charge is 0.220 e. The topological polar surface area (TPSA) is 38.3 Å². The number of halogens is 1. The van der Waals surface area contributed by atoms with Crippen molar-refractivity contribution in [2.75, 3.05) is 25.5 Å². The number of carbonyl (C=O) groups is 1. The molecule has 0 aromatic heterocycles. The summed E-state index contributed by atoms with van der Waals surface area (Å²) in [7, 11) is 0. The molecule has 122 valence electrons. The predicted molar refractivity (Wildman–Crippen MR) is 88.3 cm³/mol. The SMILES string of the molecule is O=C(C[C@H]1CCCOC1)NCCCSCc1ccc(F)cc1. The van der Waals surface area contributed by atoms with Gasteiger partial charge in [0.15, 0.2) is 0 Å². The molecule has 1 aromatic rings. The van der Waals surface area contributed by atoms with Gasteiger partial charge in [-0.1, -0.05) is 12.1 Å². The fourth-order valence-electron chi connectivity index (χ4n) is 2.48. The summed E-state index contributed by atoms with van der Waals surface area (Å²) in [5.41, 5.74) is 1.13. The average Bonchev–Trinajstić information content (AvgIpc) is 2.53. The molecule has 22 heavy (non-hydrogen) atoms. The van der Waals surface area contributed by atoms with Gasteiger partial charge in [-0.3, -0.25) is 4.79 Å². The Labute approximate surface area is 136 Å². The van der Waals surface area contributed by atoms with Crippen molar-refractivity contribution in [1.29, 1.82) is 0 Å². The van der Waals surface area contributed by atoms with Crippen LogP contribution in [-0.2, 0) is 15.3 Å². The molecule has 1 saturated heterocycles. The van der Waals surface area contributed by atoms with Gasteiger partial charge in [0.2, 0.25) is 5.91 Å². The quantitative estimate of drug-likeness (QED) is 0.745. The van der Waals surface area contributed by atoms with Crippen molar-refractivity contribution in [3.05, 3.63) is 35.6 Å². The van der Waals surface area contributed by atoms with Crippen molar-refractivity contribution in [2.24, 2.45) is 5.92 Å². The van der Waals surface area contributed by atoms with Gasteiger partial charge in [-0.05, 0) is 48.6 Å². The maximum Gasteiger partial charge on any atom is 0.220 e. The van der Waals surface area contributed by atoms with Crippen LogP contribution in [0.25, 0.3) is 0 Å². The van der Waals surface area contributed by atoms with E-state index in [2.05, 4.69) is 5.32 Å². The third-order valence-electron chi connectivity index (χ3n) is 3.70. The monoisotopic (exact) mass is 325 g/mol. The number of amides is 1. The summed E-state index contributed by atoms with van der Waals surface area (Å²) >= 11 is 1.81. The first kappa shape index (κ1) is 17.3. The Hall–Kier alpha value is -1.07. The van der Waals surface area contributed by atoms with E-state index in [1.807, 2.05) is 12.1 Å². The van der Waals surface area contributed by atoms with E-state index in [1.54, 1.807) is 11.8 Å². The van der Waals surface area contributed by atoms with Crippen LogP contribution >= 0.6 is 11.8 Å². The van der Waals surface area contributed by atoms with Crippen LogP contribution < -0.4 is 5.32 Å². The molecular weight excluding hydrogens is 301 g/mol. The van der Waals surface area contributed by atoms with Gasteiger partial charge >= 0.3 is 0 Å². The van der Waals surface area contributed by atoms with E-state index in [9.17, 15) is 9.18 Å². The summed E-state index contributed by atoms with van der Waals surface area (Å²) in [6, 6.07) is 6.61. The van der Waals surface area contributed by atoms with Gasteiger partial charge in [0.1, 0.15) is 5.82 Å². The first-order valence-electron chi connectivity index (χ1n) is 7.90. The number of carbonyl (C=O) groups excluding carboxylic acids is 1. The zero-order valence-corrected chi connectivity index (χ0v) is 13.7. The minimum atomic E-state index is -0.195. The van der Waals surface area contributed by atoms with Crippen molar-refractivity contribution < 1.29 is 13.9 Å². The van der Waals surface area contributed by atoms with Crippen LogP contribution in [0, 0.1) is 11.7 Å². The highest BCUT2D eigenvalue weighted by Gasteiger charge is 2.17. The van der Waals surface area contributed by atoms with Gasteiger partial charge in [-0.2, -0.15) is 11.8 Å². The number of hydrogen-bond donors (Lipinski definition) is 1. The van der Waals surface area contributed by atoms with E-state index >= 15 is 0 Å². The number of rotatable bonds is 8. The molecule has 1 heterocycles. The maximum absolute atomic E-state index is 12.8. The van der Waals surface area contributed by atoms with Crippen LogP contribution in [0.1, 0.15) is 31.2 Å². The van der Waals surface area contributed by atoms with Gasteiger partial charge in [0.05, 0.1) is 0 Å². The molecular formula is C17H24FNO2S. The third-order valence-corrected chi connectivity index (χ3v) is 4.81. The summed E-state index contributed by atoms with van der Waals surface area (Å²) in [5.74, 6) is 2.21. The average molecular weight is 325 g/mol. The Balaban J connectivity index is 1.48. The fourth-order valence-corrected chi connectivity index (χ4v) is 3.40. The molecule has 2 rings (SSSR count). The lowest BCUT2D eigenvalue weighted by molar-refractivity contribution is -0.123. The highest BCUT2D eigenvalue weighted by molar-refractivity contribution is 7.98. The first-order chi connectivity index (χ1) is 10.7. The predicted octanol–water partition coefficient (Wildman–Crippen LogP) is 3.38. The maximum atomic E-state index is 12.8. The molecule has 1 fully saturated rings. The van der Waals surface area contributed by atoms with Crippen molar-refractivity contribution in [2.45, 2.75) is 31.4 Å². The van der Waals surface area contributed by atoms with E-state index < -0.39 is 0 Å². The second-order valence-electron chi connectivity index (χ2n) is 5.67. The van der Waals surface area contributed by atoms with Crippen LogP contribution in [-0.4, -0.2) is 31.4 Å². The molecule has 0 aliphatic carbocycles. The van der Waals surface area contributed by atoms with E-state index in [0.717, 1.165) is 56.1 Å². The van der Waals surface area contributed by atoms with Gasteiger partial charge in [-0.25, -0.2) is 4.39 Å². The largest absolute Gasteiger partial charge is 0.381 e. The molecule has 0 unspecified atom stereocenters. The first-order valence-corrected chi connectivity index (χ1v) is 9.06. The Morgan fingerprint density at radius 1 is 1.36 bits per heavy atom. The van der Waals surface area contributed by atoms with Gasteiger partial charge in [0.25, 0.3) is 0 Å². The zero-order valence-electron chi connectivity index (χ0n) is 12.9. The minimum Gasteiger partial charge on any atom is -0.381 e. The van der Waals surface area contributed by atoms with Crippen molar-refractivity contribution in [1.82, 2.24) is 5.32 Å². The molecule has 0 spiro atoms. The van der Waals surface area contributed by atoms with E-state index in [-0.39, 0.29) is 11.7 Å². The molecule has 1 atom stereocenters. The minimum absolute atomic E-state index is 0.138. The summed E-state index contributed by atoms with van der Waals surface area (Å²) in [4.78, 5) is 11.8. The van der Waals surface area contributed by atoms with E-state index in [1.165, 1.54) is 12.1 Å². The second-order valence-corrected chi connectivity index (χ2v) is 6.78. The standard InChI is InChI=1S/C17H24FNO2S/c18-16-6-4-14(5-7-16)13-22-10-2-8-19-17(20)11-15-3-1-9-21-12-15/h4-7,15H,1-3,8-13H2,(H,19,20)/t15-/m1/s1. The van der Waals surface area contributed by atoms with Crippen LogP contribution in [0.15, 0.2) is 24.3 Å². The lowest BCUT2D eigenvalue weighted by Gasteiger charge is -2.21. The van der Waals surface area contributed by atoms with Crippen molar-refractivity contribution >= 4 is 17.7 Å². The highest BCUT2D eigenvalue weighted by Crippen LogP contribution is 2.17. The molecule has 1 aliphatic heterocycles. The van der Waals surface area contributed by atoms with Crippen LogP contribution in [0.2, 0.25) is 0 Å². The van der Waals surface area contributed by atoms with Crippen LogP contribution in [0.3, 0.4) is 0 Å². The number of nitrogens with one attached hydrogen (secondary N) is 1. The molecule has 5 heteroatoms. The van der Waals surface area contributed by atoms with Gasteiger partial charge in [-0.15, -0.1) is 0 Å². The zero-order chi connectivity index (χ0) is 15.6. The van der Waals surface area contributed by atoms with E-state index in [4.69, 9.17) is 4.74 Å². The Bertz CT molecular complexity index is 446. The summed E-state index contributed by atoms with van der Waals surface area (Å²) in [6.45, 7) is 2.28. The Kier molecular flexibility index (Phi) is 7.74. The molecule has 0 radical (unpaired) electrons. The summed E-state index contributed by atoms with van der Waals surface area (Å²) < 4.78 is 18.1. The Morgan fingerprint density at radius 2 is 2.18 bits per heavy atom. The molecule has 1 aliphatic rings. The van der Waals surface area contributed by atoms with Crippen LogP contribution in [0.4, 0.5) is 4.39 Å². The molecule has 3 nitrogen and oxygen atoms in total. The highest BCUT2D eigenvalue weighted by atomic mass is 32.2. The molecule has 0 saturated carbocycles. The number of benzene rings is 1. The lowest BCUT2D eigenvalue weighted by Crippen LogP contribution is -2.29. The molecule has 1 aromatic carbocycles. The summed E-state index contributed by atoms with van der Waals surface area (Å²) in [5, 5.41) is 2.98. The Morgan fingerprint density at radius 3 is 2.91 bits per heavy atom. The normalized spacial score (nSPS) is 18.1. The summed E-state index contributed by atoms with van der Waals surface area (Å²) in [6.07, 6.45) is 3.71. The van der Waals surface area contributed by atoms with Crippen molar-refractivity contribution in [3.8, 4) is 0 Å². The fraction of sp³-hybridized carbons (Fsp3) is 0.588. The van der Waals surface area contributed by atoms with Crippen molar-refractivity contribution in [3.63, 3.8) is 0 Å². The second kappa shape index (κ2) is 9.85. The number of ether oxygens (including phenoxy) is 1.